The van der Waals surface area contributed by atoms with E-state index in [0.29, 0.717) is 12.1 Å². The SMILES string of the molecule is CC(C)N1CCC(N)C1c1cc(Br)c(Br)s1. The van der Waals surface area contributed by atoms with E-state index < -0.39 is 0 Å². The third kappa shape index (κ3) is 2.38. The van der Waals surface area contributed by atoms with Crippen LogP contribution in [0, 0.1) is 0 Å². The van der Waals surface area contributed by atoms with Crippen LogP contribution in [0.15, 0.2) is 14.3 Å². The smallest absolute Gasteiger partial charge is 0.0843 e. The van der Waals surface area contributed by atoms with Crippen LogP contribution in [0.5, 0.6) is 0 Å². The first-order valence-electron chi connectivity index (χ1n) is 5.46. The first kappa shape index (κ1) is 13.0. The van der Waals surface area contributed by atoms with Gasteiger partial charge in [-0.2, -0.15) is 0 Å². The van der Waals surface area contributed by atoms with Crippen LogP contribution in [-0.4, -0.2) is 23.5 Å². The minimum atomic E-state index is 0.264. The van der Waals surface area contributed by atoms with Gasteiger partial charge in [0.15, 0.2) is 0 Å². The fourth-order valence-corrected chi connectivity index (χ4v) is 4.59. The Balaban J connectivity index is 2.29. The Bertz CT molecular complexity index is 359. The highest BCUT2D eigenvalue weighted by atomic mass is 79.9. The lowest BCUT2D eigenvalue weighted by Gasteiger charge is -2.29. The van der Waals surface area contributed by atoms with Crippen LogP contribution in [0.25, 0.3) is 0 Å². The maximum Gasteiger partial charge on any atom is 0.0843 e. The number of nitrogens with zero attached hydrogens (tertiary/aromatic N) is 1. The molecule has 0 aliphatic carbocycles. The predicted molar refractivity (Wildman–Crippen MR) is 76.9 cm³/mol. The molecule has 1 aliphatic rings. The molecule has 0 aromatic carbocycles. The third-order valence-electron chi connectivity index (χ3n) is 3.10. The topological polar surface area (TPSA) is 29.3 Å². The Morgan fingerprint density at radius 3 is 2.69 bits per heavy atom. The van der Waals surface area contributed by atoms with E-state index in [1.165, 1.54) is 4.88 Å². The molecule has 2 nitrogen and oxygen atoms in total. The average Bonchev–Trinajstić information content (AvgIpc) is 2.71. The maximum atomic E-state index is 6.23. The molecule has 0 spiro atoms. The van der Waals surface area contributed by atoms with E-state index in [1.54, 1.807) is 11.3 Å². The van der Waals surface area contributed by atoms with E-state index in [9.17, 15) is 0 Å². The zero-order chi connectivity index (χ0) is 11.9. The second-order valence-electron chi connectivity index (χ2n) is 4.50. The Hall–Kier alpha value is 0.580. The van der Waals surface area contributed by atoms with Crippen molar-refractivity contribution >= 4 is 43.2 Å². The van der Waals surface area contributed by atoms with E-state index in [2.05, 4.69) is 56.7 Å². The highest BCUT2D eigenvalue weighted by Crippen LogP contribution is 2.41. The van der Waals surface area contributed by atoms with Gasteiger partial charge in [0.25, 0.3) is 0 Å². The highest BCUT2D eigenvalue weighted by molar-refractivity contribution is 9.13. The number of likely N-dealkylation sites (tertiary alicyclic amines) is 1. The van der Waals surface area contributed by atoms with Gasteiger partial charge in [-0.1, -0.05) is 0 Å². The third-order valence-corrected chi connectivity index (χ3v) is 6.43. The molecule has 2 N–H and O–H groups in total. The zero-order valence-electron chi connectivity index (χ0n) is 9.41. The van der Waals surface area contributed by atoms with Crippen molar-refractivity contribution < 1.29 is 0 Å². The van der Waals surface area contributed by atoms with Crippen molar-refractivity contribution in [2.45, 2.75) is 38.4 Å². The lowest BCUT2D eigenvalue weighted by Crippen LogP contribution is -2.35. The molecule has 16 heavy (non-hydrogen) atoms. The Morgan fingerprint density at radius 1 is 1.50 bits per heavy atom. The summed E-state index contributed by atoms with van der Waals surface area (Å²) in [7, 11) is 0. The first-order valence-corrected chi connectivity index (χ1v) is 7.87. The molecular formula is C11H16Br2N2S. The van der Waals surface area contributed by atoms with Gasteiger partial charge < -0.3 is 5.73 Å². The number of hydrogen-bond acceptors (Lipinski definition) is 3. The number of rotatable bonds is 2. The van der Waals surface area contributed by atoms with Gasteiger partial charge in [0.05, 0.1) is 9.83 Å². The summed E-state index contributed by atoms with van der Waals surface area (Å²) in [4.78, 5) is 3.85. The lowest BCUT2D eigenvalue weighted by atomic mass is 10.1. The van der Waals surface area contributed by atoms with Crippen molar-refractivity contribution in [1.29, 1.82) is 0 Å². The van der Waals surface area contributed by atoms with Crippen molar-refractivity contribution in [3.05, 3.63) is 19.2 Å². The summed E-state index contributed by atoms with van der Waals surface area (Å²) in [6, 6.07) is 3.39. The molecule has 0 amide bonds. The molecule has 0 bridgehead atoms. The molecule has 0 saturated carbocycles. The second kappa shape index (κ2) is 5.06. The van der Waals surface area contributed by atoms with Gasteiger partial charge in [-0.25, -0.2) is 0 Å². The van der Waals surface area contributed by atoms with E-state index >= 15 is 0 Å². The van der Waals surface area contributed by atoms with Gasteiger partial charge in [-0.3, -0.25) is 4.90 Å². The average molecular weight is 368 g/mol. The minimum Gasteiger partial charge on any atom is -0.326 e. The molecule has 0 radical (unpaired) electrons. The number of thiophene rings is 1. The fraction of sp³-hybridized carbons (Fsp3) is 0.636. The molecule has 2 rings (SSSR count). The van der Waals surface area contributed by atoms with Crippen molar-refractivity contribution in [2.24, 2.45) is 5.73 Å². The predicted octanol–water partition coefficient (Wildman–Crippen LogP) is 3.76. The van der Waals surface area contributed by atoms with Gasteiger partial charge in [-0.15, -0.1) is 11.3 Å². The lowest BCUT2D eigenvalue weighted by molar-refractivity contribution is 0.201. The summed E-state index contributed by atoms with van der Waals surface area (Å²) in [6.45, 7) is 5.59. The first-order chi connectivity index (χ1) is 7.50. The maximum absolute atomic E-state index is 6.23. The summed E-state index contributed by atoms with van der Waals surface area (Å²) >= 11 is 8.88. The molecule has 1 aromatic heterocycles. The summed E-state index contributed by atoms with van der Waals surface area (Å²) in [5.74, 6) is 0. The largest absolute Gasteiger partial charge is 0.326 e. The molecule has 5 heteroatoms. The van der Waals surface area contributed by atoms with Crippen molar-refractivity contribution in [2.75, 3.05) is 6.54 Å². The zero-order valence-corrected chi connectivity index (χ0v) is 13.4. The van der Waals surface area contributed by atoms with Crippen LogP contribution in [0.3, 0.4) is 0 Å². The molecule has 2 heterocycles. The number of hydrogen-bond donors (Lipinski definition) is 1. The molecule has 1 saturated heterocycles. The van der Waals surface area contributed by atoms with Gasteiger partial charge >= 0.3 is 0 Å². The number of nitrogens with two attached hydrogens (primary N) is 1. The Morgan fingerprint density at radius 2 is 2.19 bits per heavy atom. The van der Waals surface area contributed by atoms with Crippen LogP contribution >= 0.6 is 43.2 Å². The number of halogens is 2. The van der Waals surface area contributed by atoms with Crippen LogP contribution in [-0.2, 0) is 0 Å². The van der Waals surface area contributed by atoms with Crippen LogP contribution < -0.4 is 5.73 Å². The molecule has 1 fully saturated rings. The standard InChI is InChI=1S/C11H16Br2N2S/c1-6(2)15-4-3-8(14)10(15)9-5-7(12)11(13)16-9/h5-6,8,10H,3-4,14H2,1-2H3. The molecular weight excluding hydrogens is 352 g/mol. The Kier molecular flexibility index (Phi) is 4.12. The summed E-state index contributed by atoms with van der Waals surface area (Å²) in [6.07, 6.45) is 1.09. The summed E-state index contributed by atoms with van der Waals surface area (Å²) in [5.41, 5.74) is 6.23. The molecule has 1 aliphatic heterocycles. The van der Waals surface area contributed by atoms with Crippen LogP contribution in [0.1, 0.15) is 31.2 Å². The molecule has 2 unspecified atom stereocenters. The summed E-state index contributed by atoms with van der Waals surface area (Å²) in [5, 5.41) is 0. The van der Waals surface area contributed by atoms with Crippen molar-refractivity contribution in [3.63, 3.8) is 0 Å². The van der Waals surface area contributed by atoms with Crippen molar-refractivity contribution in [1.82, 2.24) is 4.90 Å². The van der Waals surface area contributed by atoms with E-state index in [-0.39, 0.29) is 6.04 Å². The van der Waals surface area contributed by atoms with Crippen LogP contribution in [0.2, 0.25) is 0 Å². The van der Waals surface area contributed by atoms with Gasteiger partial charge in [0.2, 0.25) is 0 Å². The molecule has 1 aromatic rings. The minimum absolute atomic E-state index is 0.264. The van der Waals surface area contributed by atoms with Gasteiger partial charge in [0, 0.05) is 28.0 Å². The quantitative estimate of drug-likeness (QED) is 0.862. The van der Waals surface area contributed by atoms with E-state index in [4.69, 9.17) is 5.73 Å². The van der Waals surface area contributed by atoms with E-state index in [1.807, 2.05) is 0 Å². The van der Waals surface area contributed by atoms with Gasteiger partial charge in [0.1, 0.15) is 0 Å². The van der Waals surface area contributed by atoms with Crippen molar-refractivity contribution in [3.8, 4) is 0 Å². The van der Waals surface area contributed by atoms with Gasteiger partial charge in [-0.05, 0) is 58.2 Å². The highest BCUT2D eigenvalue weighted by Gasteiger charge is 2.35. The molecule has 2 atom stereocenters. The van der Waals surface area contributed by atoms with E-state index in [0.717, 1.165) is 21.2 Å². The monoisotopic (exact) mass is 366 g/mol. The normalized spacial score (nSPS) is 26.9. The van der Waals surface area contributed by atoms with Crippen LogP contribution in [0.4, 0.5) is 0 Å². The Labute approximate surface area is 117 Å². The second-order valence-corrected chi connectivity index (χ2v) is 7.76. The summed E-state index contributed by atoms with van der Waals surface area (Å²) < 4.78 is 2.29. The molecule has 90 valence electrons. The fourth-order valence-electron chi connectivity index (χ4n) is 2.30.